The Morgan fingerprint density at radius 2 is 1.15 bits per heavy atom. The van der Waals surface area contributed by atoms with E-state index in [0.717, 1.165) is 66.8 Å². The number of benzene rings is 4. The van der Waals surface area contributed by atoms with Crippen LogP contribution in [0.4, 0.5) is 8.78 Å². The van der Waals surface area contributed by atoms with E-state index in [1.807, 2.05) is 26.8 Å². The first kappa shape index (κ1) is 47.9. The van der Waals surface area contributed by atoms with Crippen LogP contribution in [0.15, 0.2) is 97.0 Å². The molecule has 4 aromatic carbocycles. The van der Waals surface area contributed by atoms with E-state index in [1.54, 1.807) is 6.92 Å². The van der Waals surface area contributed by atoms with Crippen LogP contribution in [-0.4, -0.2) is 27.3 Å². The zero-order valence-corrected chi connectivity index (χ0v) is 42.4. The predicted molar refractivity (Wildman–Crippen MR) is 267 cm³/mol. The molecule has 4 nitrogen and oxygen atoms in total. The number of hydrogen-bond donors (Lipinski definition) is 1. The molecule has 6 aromatic rings. The van der Waals surface area contributed by atoms with Crippen LogP contribution in [-0.2, 0) is 24.9 Å². The summed E-state index contributed by atoms with van der Waals surface area (Å²) in [6, 6.07) is 30.5. The number of halogens is 2. The maximum absolute atomic E-state index is 12.2. The van der Waals surface area contributed by atoms with Crippen molar-refractivity contribution in [2.75, 3.05) is 0 Å². The van der Waals surface area contributed by atoms with Gasteiger partial charge in [0.25, 0.3) is 0 Å². The van der Waals surface area contributed by atoms with E-state index in [1.165, 1.54) is 80.9 Å². The number of ketones is 1. The number of aliphatic hydroxyl groups is 1. The van der Waals surface area contributed by atoms with Crippen LogP contribution >= 0.6 is 0 Å². The second-order valence-corrected chi connectivity index (χ2v) is 18.5. The van der Waals surface area contributed by atoms with Gasteiger partial charge in [-0.1, -0.05) is 123 Å². The van der Waals surface area contributed by atoms with Gasteiger partial charge in [-0.15, -0.1) is 69.8 Å². The Morgan fingerprint density at radius 1 is 0.682 bits per heavy atom. The average molecular weight is 1070 g/mol. The molecule has 2 aliphatic carbocycles. The normalized spacial score (nSPS) is 15.8. The molecular weight excluding hydrogens is 999 g/mol. The monoisotopic (exact) mass is 1070 g/mol. The summed E-state index contributed by atoms with van der Waals surface area (Å²) in [5.41, 5.74) is 10.8. The number of aromatic nitrogens is 2. The van der Waals surface area contributed by atoms with Gasteiger partial charge in [-0.3, -0.25) is 4.79 Å². The Kier molecular flexibility index (Phi) is 18.5. The van der Waals surface area contributed by atoms with Crippen LogP contribution in [0.2, 0.25) is 0 Å². The van der Waals surface area contributed by atoms with E-state index >= 15 is 0 Å². The van der Waals surface area contributed by atoms with Crippen LogP contribution in [0.25, 0.3) is 44.1 Å². The van der Waals surface area contributed by atoms with Crippen molar-refractivity contribution in [3.05, 3.63) is 142 Å². The van der Waals surface area contributed by atoms with Crippen molar-refractivity contribution in [1.82, 2.24) is 9.97 Å². The fourth-order valence-electron chi connectivity index (χ4n) is 9.84. The number of allylic oxidation sites excluding steroid dienone is 2. The zero-order chi connectivity index (χ0) is 49.1. The van der Waals surface area contributed by atoms with Gasteiger partial charge in [0.15, 0.2) is 5.78 Å². The minimum absolute atomic E-state index is 0. The van der Waals surface area contributed by atoms with Crippen LogP contribution < -0.4 is 0 Å². The molecular formula is C59H70F2IrN2O2-2. The first-order valence-electron chi connectivity index (χ1n) is 25.6. The molecule has 66 heavy (non-hydrogen) atoms. The van der Waals surface area contributed by atoms with Gasteiger partial charge in [0, 0.05) is 56.8 Å². The van der Waals surface area contributed by atoms with Gasteiger partial charge in [0.1, 0.15) is 0 Å². The minimum Gasteiger partial charge on any atom is -0.512 e. The minimum atomic E-state index is -2.46. The average Bonchev–Trinajstić information content (AvgIpc) is 3.32. The first-order chi connectivity index (χ1) is 32.6. The molecule has 2 saturated carbocycles. The smallest absolute Gasteiger partial charge is 0.239 e. The van der Waals surface area contributed by atoms with Crippen LogP contribution in [0.3, 0.4) is 0 Å². The summed E-state index contributed by atoms with van der Waals surface area (Å²) in [7, 11) is 0. The molecule has 1 unspecified atom stereocenters. The van der Waals surface area contributed by atoms with Crippen molar-refractivity contribution in [1.29, 1.82) is 0 Å². The SMILES string of the molecule is CCC(CC)C(=O)/C=C(\O)C(CC)CC(F)F.[2H]c1cc2cc(C3CCCCC3)ccc2c(-c2[c-]c(C)cc(C)c2)n1.[2H]c1nc(-c2[c-]c(C)cc(C)c2)c2ccc(C3CCCCC3)cc2c1[2H].[Ir]. The van der Waals surface area contributed by atoms with E-state index < -0.39 is 18.8 Å². The molecule has 2 aliphatic rings. The van der Waals surface area contributed by atoms with Crippen molar-refractivity contribution in [3.63, 3.8) is 0 Å². The number of aliphatic hydroxyl groups excluding tert-OH is 1. The quantitative estimate of drug-likeness (QED) is 0.0754. The third-order valence-corrected chi connectivity index (χ3v) is 13.4. The largest absolute Gasteiger partial charge is 0.512 e. The summed E-state index contributed by atoms with van der Waals surface area (Å²) < 4.78 is 49.2. The molecule has 8 rings (SSSR count). The number of fused-ring (bicyclic) bond motifs is 2. The summed E-state index contributed by atoms with van der Waals surface area (Å²) in [6.45, 7) is 13.8. The number of pyridine rings is 2. The molecule has 1 N–H and O–H groups in total. The molecule has 0 spiro atoms. The second kappa shape index (κ2) is 25.5. The summed E-state index contributed by atoms with van der Waals surface area (Å²) in [5.74, 6) is 0.155. The molecule has 0 bridgehead atoms. The zero-order valence-electron chi connectivity index (χ0n) is 43.1. The van der Waals surface area contributed by atoms with E-state index in [-0.39, 0.29) is 49.8 Å². The molecule has 1 radical (unpaired) electrons. The van der Waals surface area contributed by atoms with Crippen molar-refractivity contribution in [3.8, 4) is 22.5 Å². The molecule has 0 saturated heterocycles. The van der Waals surface area contributed by atoms with Crippen molar-refractivity contribution >= 4 is 27.3 Å². The Labute approximate surface area is 411 Å². The Morgan fingerprint density at radius 3 is 1.62 bits per heavy atom. The topological polar surface area (TPSA) is 63.1 Å². The van der Waals surface area contributed by atoms with Crippen LogP contribution in [0.5, 0.6) is 0 Å². The molecule has 7 heteroatoms. The third kappa shape index (κ3) is 14.2. The van der Waals surface area contributed by atoms with Gasteiger partial charge in [-0.05, 0) is 113 Å². The number of carbonyl (C=O) groups is 1. The van der Waals surface area contributed by atoms with Gasteiger partial charge in [0.05, 0.1) is 9.87 Å². The van der Waals surface area contributed by atoms with Gasteiger partial charge in [0.2, 0.25) is 6.43 Å². The first-order valence-corrected chi connectivity index (χ1v) is 24.1. The Balaban J connectivity index is 0.000000197. The molecule has 0 aliphatic heterocycles. The van der Waals surface area contributed by atoms with Crippen molar-refractivity contribution in [2.45, 2.75) is 157 Å². The summed E-state index contributed by atoms with van der Waals surface area (Å²) in [5, 5.41) is 13.7. The van der Waals surface area contributed by atoms with Gasteiger partial charge >= 0.3 is 0 Å². The standard InChI is InChI=1S/2C23H24N.C13H22F2O2.Ir/c2*1-16-12-17(2)14-21(13-16)23-22-9-8-19(15-20(22)10-11-24-23)18-6-4-3-5-7-18;1-4-9(5-2)11(16)8-12(17)10(6-3)7-13(14)15;/h2*8-13,15,18H,3-7H2,1-2H3;8-10,13,17H,4-7H2,1-3H3;/q2*-1;;/b;;12-8-;/i10D,11D;11D;;. The van der Waals surface area contributed by atoms with Gasteiger partial charge in [-0.25, -0.2) is 8.78 Å². The van der Waals surface area contributed by atoms with Crippen LogP contribution in [0.1, 0.15) is 160 Å². The maximum atomic E-state index is 12.2. The van der Waals surface area contributed by atoms with Crippen molar-refractivity contribution in [2.24, 2.45) is 11.8 Å². The Bertz CT molecular complexity index is 2670. The van der Waals surface area contributed by atoms with E-state index in [2.05, 4.69) is 104 Å². The number of hydrogen-bond acceptors (Lipinski definition) is 4. The van der Waals surface area contributed by atoms with Gasteiger partial charge < -0.3 is 15.1 Å². The number of alkyl halides is 2. The summed E-state index contributed by atoms with van der Waals surface area (Å²) >= 11 is 0. The summed E-state index contributed by atoms with van der Waals surface area (Å²) in [4.78, 5) is 20.7. The fourth-order valence-corrected chi connectivity index (χ4v) is 9.84. The van der Waals surface area contributed by atoms with Crippen molar-refractivity contribution < 1.29 is 42.9 Å². The summed E-state index contributed by atoms with van der Waals surface area (Å²) in [6.07, 6.45) is 13.5. The molecule has 0 amide bonds. The molecule has 1 atom stereocenters. The van der Waals surface area contributed by atoms with E-state index in [4.69, 9.17) is 4.11 Å². The molecule has 353 valence electrons. The van der Waals surface area contributed by atoms with Crippen LogP contribution in [0, 0.1) is 51.7 Å². The molecule has 2 fully saturated rings. The number of aryl methyl sites for hydroxylation is 4. The molecule has 2 aromatic heterocycles. The Hall–Kier alpha value is -4.58. The predicted octanol–water partition coefficient (Wildman–Crippen LogP) is 16.8. The van der Waals surface area contributed by atoms with E-state index in [0.29, 0.717) is 37.3 Å². The van der Waals surface area contributed by atoms with Gasteiger partial charge in [-0.2, -0.15) is 0 Å². The third-order valence-electron chi connectivity index (χ3n) is 13.4. The molecule has 2 heterocycles. The second-order valence-electron chi connectivity index (χ2n) is 18.5. The number of nitrogens with zero attached hydrogens (tertiary/aromatic N) is 2. The number of rotatable bonds is 12. The number of carbonyl (C=O) groups excluding carboxylic acids is 1. The maximum Gasteiger partial charge on any atom is 0.239 e. The van der Waals surface area contributed by atoms with E-state index in [9.17, 15) is 18.7 Å². The fraction of sp³-hybridized carbons (Fsp3) is 0.441.